The molecule has 118 valence electrons. The highest BCUT2D eigenvalue weighted by Crippen LogP contribution is 2.39. The predicted octanol–water partition coefficient (Wildman–Crippen LogP) is 3.78. The monoisotopic (exact) mass is 309 g/mol. The highest BCUT2D eigenvalue weighted by atomic mass is 16.5. The minimum Gasteiger partial charge on any atom is -0.493 e. The maximum absolute atomic E-state index is 11.7. The van der Waals surface area contributed by atoms with Gasteiger partial charge in [-0.05, 0) is 37.3 Å². The summed E-state index contributed by atoms with van der Waals surface area (Å²) < 4.78 is 11.6. The lowest BCUT2D eigenvalue weighted by atomic mass is 9.86. The molecule has 0 aromatic heterocycles. The first kappa shape index (κ1) is 15.2. The molecule has 0 bridgehead atoms. The van der Waals surface area contributed by atoms with Crippen LogP contribution in [0.2, 0.25) is 0 Å². The first-order valence-corrected chi connectivity index (χ1v) is 7.55. The predicted molar refractivity (Wildman–Crippen MR) is 88.8 cm³/mol. The summed E-state index contributed by atoms with van der Waals surface area (Å²) in [6.07, 6.45) is 1.99. The second-order valence-electron chi connectivity index (χ2n) is 5.70. The average molecular weight is 309 g/mol. The Morgan fingerprint density at radius 1 is 1.26 bits per heavy atom. The van der Waals surface area contributed by atoms with Crippen LogP contribution in [-0.2, 0) is 10.3 Å². The van der Waals surface area contributed by atoms with Gasteiger partial charge in [-0.1, -0.05) is 24.8 Å². The van der Waals surface area contributed by atoms with Gasteiger partial charge in [0.05, 0.1) is 12.1 Å². The Balaban J connectivity index is 1.88. The quantitative estimate of drug-likeness (QED) is 0.874. The number of carbonyl (C=O) groups is 1. The van der Waals surface area contributed by atoms with Gasteiger partial charge in [-0.2, -0.15) is 0 Å². The topological polar surface area (TPSA) is 47.6 Å². The maximum atomic E-state index is 11.7. The summed E-state index contributed by atoms with van der Waals surface area (Å²) in [5.41, 5.74) is 0.476. The van der Waals surface area contributed by atoms with E-state index < -0.39 is 5.54 Å². The first-order valence-electron chi connectivity index (χ1n) is 7.55. The number of hydrogen-bond donors (Lipinski definition) is 1. The van der Waals surface area contributed by atoms with Crippen LogP contribution in [0.1, 0.15) is 18.9 Å². The summed E-state index contributed by atoms with van der Waals surface area (Å²) in [4.78, 5) is 11.7. The van der Waals surface area contributed by atoms with Gasteiger partial charge in [0.2, 0.25) is 5.91 Å². The summed E-state index contributed by atoms with van der Waals surface area (Å²) in [6.45, 7) is 6.04. The maximum Gasteiger partial charge on any atom is 0.244 e. The van der Waals surface area contributed by atoms with E-state index in [1.54, 1.807) is 0 Å². The van der Waals surface area contributed by atoms with Crippen LogP contribution in [0.5, 0.6) is 17.2 Å². The van der Waals surface area contributed by atoms with Crippen molar-refractivity contribution >= 4 is 5.91 Å². The largest absolute Gasteiger partial charge is 0.493 e. The number of hydrogen-bond acceptors (Lipinski definition) is 3. The molecule has 4 heteroatoms. The van der Waals surface area contributed by atoms with Gasteiger partial charge in [0, 0.05) is 18.1 Å². The third-order valence-corrected chi connectivity index (χ3v) is 3.97. The molecule has 4 nitrogen and oxygen atoms in total. The summed E-state index contributed by atoms with van der Waals surface area (Å²) in [6, 6.07) is 15.3. The van der Waals surface area contributed by atoms with Crippen LogP contribution in [-0.4, -0.2) is 12.5 Å². The van der Waals surface area contributed by atoms with Crippen LogP contribution in [0.3, 0.4) is 0 Å². The van der Waals surface area contributed by atoms with Crippen molar-refractivity contribution in [2.24, 2.45) is 0 Å². The molecule has 1 amide bonds. The van der Waals surface area contributed by atoms with Crippen LogP contribution >= 0.6 is 0 Å². The van der Waals surface area contributed by atoms with Crippen LogP contribution < -0.4 is 14.8 Å². The third-order valence-electron chi connectivity index (χ3n) is 3.97. The minimum absolute atomic E-state index is 0.190. The molecule has 0 spiro atoms. The molecule has 1 N–H and O–H groups in total. The van der Waals surface area contributed by atoms with Gasteiger partial charge in [0.25, 0.3) is 0 Å². The molecule has 23 heavy (non-hydrogen) atoms. The third kappa shape index (κ3) is 3.21. The van der Waals surface area contributed by atoms with Gasteiger partial charge < -0.3 is 14.8 Å². The smallest absolute Gasteiger partial charge is 0.244 e. The van der Waals surface area contributed by atoms with Gasteiger partial charge in [-0.3, -0.25) is 4.79 Å². The average Bonchev–Trinajstić information content (AvgIpc) is 2.55. The molecule has 0 aliphatic carbocycles. The number of benzene rings is 2. The molecule has 0 saturated carbocycles. The summed E-state index contributed by atoms with van der Waals surface area (Å²) in [5, 5.41) is 2.99. The zero-order valence-electron chi connectivity index (χ0n) is 13.0. The van der Waals surface area contributed by atoms with Crippen LogP contribution in [0.4, 0.5) is 0 Å². The van der Waals surface area contributed by atoms with Crippen molar-refractivity contribution in [3.8, 4) is 17.2 Å². The van der Waals surface area contributed by atoms with Crippen molar-refractivity contribution in [2.45, 2.75) is 18.9 Å². The Labute approximate surface area is 135 Å². The number of ether oxygens (including phenoxy) is 2. The SMILES string of the molecule is C=CC(=O)NC1(C)CCOc2cc(Oc3ccccc3)ccc21. The summed E-state index contributed by atoms with van der Waals surface area (Å²) >= 11 is 0. The fourth-order valence-electron chi connectivity index (χ4n) is 2.72. The minimum atomic E-state index is -0.468. The number of rotatable bonds is 4. The van der Waals surface area contributed by atoms with E-state index in [2.05, 4.69) is 11.9 Å². The van der Waals surface area contributed by atoms with Crippen LogP contribution in [0, 0.1) is 0 Å². The van der Waals surface area contributed by atoms with Gasteiger partial charge in [-0.25, -0.2) is 0 Å². The molecule has 1 unspecified atom stereocenters. The lowest BCUT2D eigenvalue weighted by molar-refractivity contribution is -0.118. The van der Waals surface area contributed by atoms with E-state index in [-0.39, 0.29) is 5.91 Å². The molecule has 1 aliphatic heterocycles. The molecule has 0 radical (unpaired) electrons. The Morgan fingerprint density at radius 2 is 2.04 bits per heavy atom. The molecule has 3 rings (SSSR count). The summed E-state index contributed by atoms with van der Waals surface area (Å²) in [5.74, 6) is 2.02. The van der Waals surface area contributed by atoms with Crippen molar-refractivity contribution in [1.82, 2.24) is 5.32 Å². The van der Waals surface area contributed by atoms with E-state index in [1.807, 2.05) is 55.5 Å². The Hall–Kier alpha value is -2.75. The van der Waals surface area contributed by atoms with E-state index in [1.165, 1.54) is 6.08 Å². The Morgan fingerprint density at radius 3 is 2.78 bits per heavy atom. The van der Waals surface area contributed by atoms with Gasteiger partial charge in [0.1, 0.15) is 17.2 Å². The fraction of sp³-hybridized carbons (Fsp3) is 0.211. The standard InChI is InChI=1S/C19H19NO3/c1-3-18(21)20-19(2)11-12-22-17-13-15(9-10-16(17)19)23-14-7-5-4-6-8-14/h3-10,13H,1,11-12H2,2H3,(H,20,21). The number of fused-ring (bicyclic) bond motifs is 1. The molecule has 0 saturated heterocycles. The van der Waals surface area contributed by atoms with E-state index in [0.717, 1.165) is 17.1 Å². The molecule has 1 heterocycles. The summed E-state index contributed by atoms with van der Waals surface area (Å²) in [7, 11) is 0. The van der Waals surface area contributed by atoms with Crippen molar-refractivity contribution < 1.29 is 14.3 Å². The van der Waals surface area contributed by atoms with Crippen LogP contribution in [0.25, 0.3) is 0 Å². The van der Waals surface area contributed by atoms with Gasteiger partial charge in [0.15, 0.2) is 0 Å². The van der Waals surface area contributed by atoms with Gasteiger partial charge >= 0.3 is 0 Å². The zero-order valence-corrected chi connectivity index (χ0v) is 13.0. The second-order valence-corrected chi connectivity index (χ2v) is 5.70. The molecule has 2 aromatic carbocycles. The number of nitrogens with one attached hydrogen (secondary N) is 1. The second kappa shape index (κ2) is 6.16. The van der Waals surface area contributed by atoms with E-state index in [4.69, 9.17) is 9.47 Å². The molecule has 1 aliphatic rings. The normalized spacial score (nSPS) is 19.2. The Kier molecular flexibility index (Phi) is 4.06. The number of para-hydroxylation sites is 1. The Bertz CT molecular complexity index is 727. The van der Waals surface area contributed by atoms with Crippen molar-refractivity contribution in [3.63, 3.8) is 0 Å². The van der Waals surface area contributed by atoms with Crippen molar-refractivity contribution in [2.75, 3.05) is 6.61 Å². The van der Waals surface area contributed by atoms with Crippen molar-refractivity contribution in [1.29, 1.82) is 0 Å². The molecule has 2 aromatic rings. The molecule has 1 atom stereocenters. The van der Waals surface area contributed by atoms with E-state index in [9.17, 15) is 4.79 Å². The lowest BCUT2D eigenvalue weighted by Crippen LogP contribution is -2.45. The van der Waals surface area contributed by atoms with Crippen LogP contribution in [0.15, 0.2) is 61.2 Å². The zero-order chi connectivity index (χ0) is 16.3. The fourth-order valence-corrected chi connectivity index (χ4v) is 2.72. The lowest BCUT2D eigenvalue weighted by Gasteiger charge is -2.36. The number of carbonyl (C=O) groups excluding carboxylic acids is 1. The highest BCUT2D eigenvalue weighted by molar-refractivity contribution is 5.87. The van der Waals surface area contributed by atoms with Crippen molar-refractivity contribution in [3.05, 3.63) is 66.7 Å². The number of amides is 1. The van der Waals surface area contributed by atoms with E-state index in [0.29, 0.717) is 18.8 Å². The first-order chi connectivity index (χ1) is 11.1. The molecular formula is C19H19NO3. The highest BCUT2D eigenvalue weighted by Gasteiger charge is 2.34. The molecular weight excluding hydrogens is 290 g/mol. The van der Waals surface area contributed by atoms with Gasteiger partial charge in [-0.15, -0.1) is 0 Å². The van der Waals surface area contributed by atoms with E-state index >= 15 is 0 Å². The molecule has 0 fully saturated rings.